The molecule has 0 bridgehead atoms. The van der Waals surface area contributed by atoms with Gasteiger partial charge in [-0.1, -0.05) is 19.4 Å². The van der Waals surface area contributed by atoms with Crippen LogP contribution in [0.3, 0.4) is 0 Å². The largest absolute Gasteiger partial charge is 0.496 e. The van der Waals surface area contributed by atoms with E-state index in [2.05, 4.69) is 28.5 Å². The average Bonchev–Trinajstić information content (AvgIpc) is 2.69. The lowest BCUT2D eigenvalue weighted by Crippen LogP contribution is -2.44. The summed E-state index contributed by atoms with van der Waals surface area (Å²) in [7, 11) is 3.73. The predicted octanol–water partition coefficient (Wildman–Crippen LogP) is 4.52. The lowest BCUT2D eigenvalue weighted by Gasteiger charge is -2.33. The molecule has 0 amide bonds. The molecule has 1 aromatic carbocycles. The zero-order valence-corrected chi connectivity index (χ0v) is 19.3. The van der Waals surface area contributed by atoms with Crippen LogP contribution >= 0.6 is 24.8 Å². The maximum atomic E-state index is 5.43. The van der Waals surface area contributed by atoms with E-state index in [-0.39, 0.29) is 24.8 Å². The second-order valence-electron chi connectivity index (χ2n) is 7.17. The van der Waals surface area contributed by atoms with Gasteiger partial charge in [-0.2, -0.15) is 4.98 Å². The number of anilines is 3. The molecule has 1 aromatic heterocycles. The highest BCUT2D eigenvalue weighted by molar-refractivity contribution is 5.85. The molecule has 1 fully saturated rings. The molecule has 162 valence electrons. The van der Waals surface area contributed by atoms with Gasteiger partial charge in [0.25, 0.3) is 0 Å². The quantitative estimate of drug-likeness (QED) is 0.658. The number of nitrogens with one attached hydrogen (secondary N) is 2. The Morgan fingerprint density at radius 3 is 2.69 bits per heavy atom. The molecule has 2 aromatic rings. The number of halogens is 2. The molecular formula is C21H33Cl2N5O. The lowest BCUT2D eigenvalue weighted by molar-refractivity contribution is 0.412. The van der Waals surface area contributed by atoms with Crippen molar-refractivity contribution in [3.8, 4) is 5.75 Å². The van der Waals surface area contributed by atoms with Crippen molar-refractivity contribution in [1.29, 1.82) is 0 Å². The summed E-state index contributed by atoms with van der Waals surface area (Å²) in [5, 5.41) is 6.77. The number of nitrogens with zero attached hydrogens (tertiary/aromatic N) is 3. The van der Waals surface area contributed by atoms with E-state index < -0.39 is 0 Å². The van der Waals surface area contributed by atoms with Crippen molar-refractivity contribution < 1.29 is 4.74 Å². The van der Waals surface area contributed by atoms with Crippen molar-refractivity contribution in [2.24, 2.45) is 0 Å². The summed E-state index contributed by atoms with van der Waals surface area (Å²) in [5.41, 5.74) is 3.12. The summed E-state index contributed by atoms with van der Waals surface area (Å²) in [6.07, 6.45) is 4.41. The smallest absolute Gasteiger partial charge is 0.229 e. The second-order valence-corrected chi connectivity index (χ2v) is 7.17. The summed E-state index contributed by atoms with van der Waals surface area (Å²) >= 11 is 0. The van der Waals surface area contributed by atoms with E-state index in [1.54, 1.807) is 7.11 Å². The van der Waals surface area contributed by atoms with Crippen LogP contribution < -0.4 is 20.3 Å². The van der Waals surface area contributed by atoms with Gasteiger partial charge in [-0.25, -0.2) is 4.98 Å². The number of hydrogen-bond acceptors (Lipinski definition) is 6. The van der Waals surface area contributed by atoms with Gasteiger partial charge in [-0.15, -0.1) is 24.8 Å². The van der Waals surface area contributed by atoms with Gasteiger partial charge in [0, 0.05) is 42.6 Å². The number of benzene rings is 1. The Morgan fingerprint density at radius 2 is 2.00 bits per heavy atom. The minimum atomic E-state index is 0. The number of aryl methyl sites for hydroxylation is 2. The Balaban J connectivity index is 0.00000210. The molecule has 0 spiro atoms. The van der Waals surface area contributed by atoms with Crippen LogP contribution in [-0.4, -0.2) is 43.3 Å². The van der Waals surface area contributed by atoms with Crippen LogP contribution in [0.1, 0.15) is 37.4 Å². The molecule has 2 heterocycles. The molecule has 2 N–H and O–H groups in total. The van der Waals surface area contributed by atoms with Crippen LogP contribution in [-0.2, 0) is 6.42 Å². The predicted molar refractivity (Wildman–Crippen MR) is 126 cm³/mol. The van der Waals surface area contributed by atoms with Gasteiger partial charge >= 0.3 is 0 Å². The van der Waals surface area contributed by atoms with E-state index in [4.69, 9.17) is 14.7 Å². The normalized spacial score (nSPS) is 15.9. The number of ether oxygens (including phenoxy) is 1. The van der Waals surface area contributed by atoms with Crippen LogP contribution in [0.25, 0.3) is 0 Å². The van der Waals surface area contributed by atoms with Gasteiger partial charge in [0.05, 0.1) is 7.11 Å². The molecule has 3 rings (SSSR count). The molecule has 0 aliphatic carbocycles. The first-order valence-electron chi connectivity index (χ1n) is 9.84. The van der Waals surface area contributed by atoms with E-state index >= 15 is 0 Å². The van der Waals surface area contributed by atoms with Crippen molar-refractivity contribution in [3.63, 3.8) is 0 Å². The van der Waals surface area contributed by atoms with Crippen LogP contribution in [0.2, 0.25) is 0 Å². The van der Waals surface area contributed by atoms with Crippen LogP contribution in [0.4, 0.5) is 17.5 Å². The Hall–Kier alpha value is -1.76. The number of likely N-dealkylation sites (N-methyl/N-ethyl adjacent to an activating group) is 1. The number of piperidine rings is 1. The molecular weight excluding hydrogens is 409 g/mol. The highest BCUT2D eigenvalue weighted by Crippen LogP contribution is 2.26. The second kappa shape index (κ2) is 12.1. The zero-order valence-electron chi connectivity index (χ0n) is 17.7. The molecule has 1 atom stereocenters. The van der Waals surface area contributed by atoms with Crippen LogP contribution in [0.5, 0.6) is 5.75 Å². The summed E-state index contributed by atoms with van der Waals surface area (Å²) in [6.45, 7) is 6.24. The standard InChI is InChI=1S/C21H31N5O.2ClH/c1-5-7-16-13-20(26-11-6-8-18(14-26)22-3)25-21(23-16)24-17-10-9-15(2)19(12-17)27-4;;/h9-10,12-13,18,22H,5-8,11,14H2,1-4H3,(H,23,24,25);2*1H. The third-order valence-electron chi connectivity index (χ3n) is 5.09. The first kappa shape index (κ1) is 25.3. The number of methoxy groups -OCH3 is 1. The molecule has 29 heavy (non-hydrogen) atoms. The average molecular weight is 442 g/mol. The molecule has 1 unspecified atom stereocenters. The van der Waals surface area contributed by atoms with E-state index in [0.29, 0.717) is 12.0 Å². The maximum Gasteiger partial charge on any atom is 0.229 e. The molecule has 8 heteroatoms. The van der Waals surface area contributed by atoms with Crippen molar-refractivity contribution >= 4 is 42.3 Å². The Labute approximate surface area is 186 Å². The summed E-state index contributed by atoms with van der Waals surface area (Å²) in [6, 6.07) is 8.72. The number of aromatic nitrogens is 2. The molecule has 0 radical (unpaired) electrons. The van der Waals surface area contributed by atoms with Gasteiger partial charge in [0.15, 0.2) is 0 Å². The first-order chi connectivity index (χ1) is 13.1. The third kappa shape index (κ3) is 6.63. The molecule has 1 saturated heterocycles. The first-order valence-corrected chi connectivity index (χ1v) is 9.84. The summed E-state index contributed by atoms with van der Waals surface area (Å²) in [5.74, 6) is 2.52. The number of rotatable bonds is 7. The fraction of sp³-hybridized carbons (Fsp3) is 0.524. The van der Waals surface area contributed by atoms with Crippen LogP contribution in [0.15, 0.2) is 24.3 Å². The minimum Gasteiger partial charge on any atom is -0.496 e. The van der Waals surface area contributed by atoms with Crippen molar-refractivity contribution in [3.05, 3.63) is 35.5 Å². The van der Waals surface area contributed by atoms with Gasteiger partial charge in [0.2, 0.25) is 5.95 Å². The number of hydrogen-bond donors (Lipinski definition) is 2. The summed E-state index contributed by atoms with van der Waals surface area (Å²) < 4.78 is 5.43. The van der Waals surface area contributed by atoms with Gasteiger partial charge in [0.1, 0.15) is 11.6 Å². The maximum absolute atomic E-state index is 5.43. The monoisotopic (exact) mass is 441 g/mol. The molecule has 0 saturated carbocycles. The SMILES string of the molecule is CCCc1cc(N2CCCC(NC)C2)nc(Nc2ccc(C)c(OC)c2)n1.Cl.Cl. The molecule has 1 aliphatic rings. The lowest BCUT2D eigenvalue weighted by atomic mass is 10.1. The van der Waals surface area contributed by atoms with Crippen molar-refractivity contribution in [2.75, 3.05) is 37.5 Å². The Morgan fingerprint density at radius 1 is 1.21 bits per heavy atom. The van der Waals surface area contributed by atoms with Gasteiger partial charge in [-0.3, -0.25) is 0 Å². The van der Waals surface area contributed by atoms with Gasteiger partial charge < -0.3 is 20.3 Å². The van der Waals surface area contributed by atoms with Crippen LogP contribution in [0, 0.1) is 6.92 Å². The fourth-order valence-corrected chi connectivity index (χ4v) is 3.53. The Kier molecular flexibility index (Phi) is 10.5. The molecule has 6 nitrogen and oxygen atoms in total. The highest BCUT2D eigenvalue weighted by Gasteiger charge is 2.20. The minimum absolute atomic E-state index is 0. The van der Waals surface area contributed by atoms with E-state index in [9.17, 15) is 0 Å². The van der Waals surface area contributed by atoms with Crippen molar-refractivity contribution in [1.82, 2.24) is 15.3 Å². The van der Waals surface area contributed by atoms with E-state index in [0.717, 1.165) is 54.4 Å². The topological polar surface area (TPSA) is 62.3 Å². The van der Waals surface area contributed by atoms with E-state index in [1.807, 2.05) is 32.2 Å². The third-order valence-corrected chi connectivity index (χ3v) is 5.09. The highest BCUT2D eigenvalue weighted by atomic mass is 35.5. The summed E-state index contributed by atoms with van der Waals surface area (Å²) in [4.78, 5) is 11.9. The van der Waals surface area contributed by atoms with Crippen molar-refractivity contribution in [2.45, 2.75) is 45.6 Å². The molecule has 1 aliphatic heterocycles. The zero-order chi connectivity index (χ0) is 19.2. The van der Waals surface area contributed by atoms with E-state index in [1.165, 1.54) is 12.8 Å². The fourth-order valence-electron chi connectivity index (χ4n) is 3.53. The Bertz CT molecular complexity index is 775. The van der Waals surface area contributed by atoms with Gasteiger partial charge in [-0.05, 0) is 44.9 Å².